The van der Waals surface area contributed by atoms with E-state index in [2.05, 4.69) is 42.9 Å². The molecule has 0 amide bonds. The van der Waals surface area contributed by atoms with E-state index in [4.69, 9.17) is 0 Å². The van der Waals surface area contributed by atoms with Gasteiger partial charge in [-0.1, -0.05) is 18.2 Å². The van der Waals surface area contributed by atoms with Crippen molar-refractivity contribution in [3.05, 3.63) is 89.4 Å². The Labute approximate surface area is 182 Å². The first-order chi connectivity index (χ1) is 15.7. The smallest absolute Gasteiger partial charge is 0.261 e. The van der Waals surface area contributed by atoms with Crippen LogP contribution in [0.15, 0.2) is 78.2 Å². The molecule has 0 bridgehead atoms. The van der Waals surface area contributed by atoms with Crippen LogP contribution in [-0.2, 0) is 20.0 Å². The Kier molecular flexibility index (Phi) is 4.10. The summed E-state index contributed by atoms with van der Waals surface area (Å²) in [6, 6.07) is 13.9. The van der Waals surface area contributed by atoms with Gasteiger partial charge in [-0.05, 0) is 36.2 Å². The van der Waals surface area contributed by atoms with E-state index in [1.165, 1.54) is 16.5 Å². The standard InChI is InChI=1S/C24H19N7O/c1-29-15-17(18-6-2-3-7-20(18)29)8-11-30-12-9-21-19(23(30)32)14-26-24-27-22(28-31(21)24)16-5-4-10-25-13-16/h2-7,9-10,12-15H,8,11H2,1H3. The molecular weight excluding hydrogens is 402 g/mol. The first kappa shape index (κ1) is 18.4. The number of benzene rings is 1. The number of aryl methyl sites for hydroxylation is 3. The van der Waals surface area contributed by atoms with E-state index in [0.717, 1.165) is 12.0 Å². The molecule has 0 atom stereocenters. The second kappa shape index (κ2) is 7.12. The van der Waals surface area contributed by atoms with Gasteiger partial charge in [0.1, 0.15) is 0 Å². The van der Waals surface area contributed by atoms with Crippen LogP contribution < -0.4 is 5.56 Å². The minimum atomic E-state index is -0.0874. The van der Waals surface area contributed by atoms with E-state index in [0.29, 0.717) is 29.0 Å². The normalized spacial score (nSPS) is 11.7. The number of aromatic nitrogens is 7. The Bertz CT molecular complexity index is 1660. The molecule has 0 saturated carbocycles. The second-order valence-corrected chi connectivity index (χ2v) is 7.79. The molecule has 0 aliphatic rings. The lowest BCUT2D eigenvalue weighted by Gasteiger charge is -2.07. The first-order valence-electron chi connectivity index (χ1n) is 10.4. The summed E-state index contributed by atoms with van der Waals surface area (Å²) in [5, 5.41) is 6.30. The fraction of sp³-hybridized carbons (Fsp3) is 0.125. The quantitative estimate of drug-likeness (QED) is 0.436. The second-order valence-electron chi connectivity index (χ2n) is 7.79. The van der Waals surface area contributed by atoms with Crippen molar-refractivity contribution in [2.75, 3.05) is 0 Å². The van der Waals surface area contributed by atoms with Crippen LogP contribution in [0.2, 0.25) is 0 Å². The molecule has 0 aliphatic carbocycles. The third-order valence-corrected chi connectivity index (χ3v) is 5.83. The average molecular weight is 421 g/mol. The number of rotatable bonds is 4. The largest absolute Gasteiger partial charge is 0.350 e. The number of para-hydroxylation sites is 1. The molecule has 5 heterocycles. The van der Waals surface area contributed by atoms with Crippen molar-refractivity contribution in [3.63, 3.8) is 0 Å². The lowest BCUT2D eigenvalue weighted by Crippen LogP contribution is -2.21. The maximum Gasteiger partial charge on any atom is 0.261 e. The first-order valence-corrected chi connectivity index (χ1v) is 10.4. The molecule has 156 valence electrons. The van der Waals surface area contributed by atoms with E-state index >= 15 is 0 Å². The molecule has 0 radical (unpaired) electrons. The Morgan fingerprint density at radius 3 is 2.75 bits per heavy atom. The Morgan fingerprint density at radius 2 is 1.88 bits per heavy atom. The monoisotopic (exact) mass is 421 g/mol. The average Bonchev–Trinajstić information content (AvgIpc) is 3.41. The van der Waals surface area contributed by atoms with Crippen LogP contribution in [0.1, 0.15) is 5.56 Å². The van der Waals surface area contributed by atoms with Crippen LogP contribution in [-0.4, -0.2) is 33.7 Å². The van der Waals surface area contributed by atoms with Crippen molar-refractivity contribution in [3.8, 4) is 11.4 Å². The van der Waals surface area contributed by atoms with Gasteiger partial charge < -0.3 is 9.13 Å². The summed E-state index contributed by atoms with van der Waals surface area (Å²) >= 11 is 0. The van der Waals surface area contributed by atoms with Gasteiger partial charge >= 0.3 is 0 Å². The van der Waals surface area contributed by atoms with Crippen LogP contribution in [0.4, 0.5) is 0 Å². The third kappa shape index (κ3) is 2.88. The summed E-state index contributed by atoms with van der Waals surface area (Å²) in [7, 11) is 2.04. The van der Waals surface area contributed by atoms with Gasteiger partial charge in [-0.25, -0.2) is 4.98 Å². The lowest BCUT2D eigenvalue weighted by molar-refractivity contribution is 0.675. The molecule has 32 heavy (non-hydrogen) atoms. The maximum atomic E-state index is 13.2. The van der Waals surface area contributed by atoms with Gasteiger partial charge in [0.25, 0.3) is 11.3 Å². The highest BCUT2D eigenvalue weighted by atomic mass is 16.1. The molecule has 8 heteroatoms. The SMILES string of the molecule is Cn1cc(CCn2ccc3c(cnc4nc(-c5cccnc5)nn43)c2=O)c2ccccc21. The van der Waals surface area contributed by atoms with E-state index < -0.39 is 0 Å². The summed E-state index contributed by atoms with van der Waals surface area (Å²) in [4.78, 5) is 26.2. The summed E-state index contributed by atoms with van der Waals surface area (Å²) < 4.78 is 5.48. The van der Waals surface area contributed by atoms with Gasteiger partial charge in [0.2, 0.25) is 0 Å². The Hall–Kier alpha value is -4.33. The zero-order valence-corrected chi connectivity index (χ0v) is 17.4. The van der Waals surface area contributed by atoms with Gasteiger partial charge in [0, 0.05) is 61.0 Å². The van der Waals surface area contributed by atoms with E-state index in [1.54, 1.807) is 27.7 Å². The zero-order valence-electron chi connectivity index (χ0n) is 17.4. The minimum absolute atomic E-state index is 0.0874. The molecule has 5 aromatic heterocycles. The molecule has 0 saturated heterocycles. The highest BCUT2D eigenvalue weighted by Gasteiger charge is 2.13. The van der Waals surface area contributed by atoms with E-state index in [-0.39, 0.29) is 5.56 Å². The predicted octanol–water partition coefficient (Wildman–Crippen LogP) is 3.24. The fourth-order valence-electron chi connectivity index (χ4n) is 4.22. The topological polar surface area (TPSA) is 82.9 Å². The minimum Gasteiger partial charge on any atom is -0.350 e. The van der Waals surface area contributed by atoms with Crippen molar-refractivity contribution >= 4 is 27.6 Å². The van der Waals surface area contributed by atoms with Crippen molar-refractivity contribution in [1.82, 2.24) is 33.7 Å². The van der Waals surface area contributed by atoms with Crippen LogP contribution in [0.3, 0.4) is 0 Å². The number of nitrogens with zero attached hydrogens (tertiary/aromatic N) is 7. The van der Waals surface area contributed by atoms with E-state index in [9.17, 15) is 4.79 Å². The molecule has 0 aliphatic heterocycles. The number of hydrogen-bond acceptors (Lipinski definition) is 5. The van der Waals surface area contributed by atoms with Crippen LogP contribution in [0.25, 0.3) is 39.0 Å². The van der Waals surface area contributed by atoms with Crippen molar-refractivity contribution in [2.45, 2.75) is 13.0 Å². The van der Waals surface area contributed by atoms with Crippen LogP contribution >= 0.6 is 0 Å². The van der Waals surface area contributed by atoms with Gasteiger partial charge in [0.15, 0.2) is 5.82 Å². The molecule has 0 unspecified atom stereocenters. The van der Waals surface area contributed by atoms with Gasteiger partial charge in [-0.3, -0.25) is 9.78 Å². The van der Waals surface area contributed by atoms with Crippen molar-refractivity contribution in [1.29, 1.82) is 0 Å². The Morgan fingerprint density at radius 1 is 0.969 bits per heavy atom. The predicted molar refractivity (Wildman–Crippen MR) is 122 cm³/mol. The molecule has 0 N–H and O–H groups in total. The Balaban J connectivity index is 1.38. The highest BCUT2D eigenvalue weighted by Crippen LogP contribution is 2.21. The van der Waals surface area contributed by atoms with E-state index in [1.807, 2.05) is 43.6 Å². The number of hydrogen-bond donors (Lipinski definition) is 0. The molecular formula is C24H19N7O. The van der Waals surface area contributed by atoms with Gasteiger partial charge in [0.05, 0.1) is 10.9 Å². The number of fused-ring (bicyclic) bond motifs is 4. The summed E-state index contributed by atoms with van der Waals surface area (Å²) in [5.74, 6) is 0.975. The number of pyridine rings is 2. The lowest BCUT2D eigenvalue weighted by atomic mass is 10.1. The van der Waals surface area contributed by atoms with Crippen LogP contribution in [0, 0.1) is 0 Å². The van der Waals surface area contributed by atoms with Gasteiger partial charge in [-0.2, -0.15) is 9.50 Å². The molecule has 6 rings (SSSR count). The maximum absolute atomic E-state index is 13.2. The summed E-state index contributed by atoms with van der Waals surface area (Å²) in [5.41, 5.74) is 3.81. The van der Waals surface area contributed by atoms with Crippen LogP contribution in [0.5, 0.6) is 0 Å². The molecule has 1 aromatic carbocycles. The van der Waals surface area contributed by atoms with Gasteiger partial charge in [-0.15, -0.1) is 5.10 Å². The molecule has 0 fully saturated rings. The summed E-state index contributed by atoms with van der Waals surface area (Å²) in [6.45, 7) is 0.582. The summed E-state index contributed by atoms with van der Waals surface area (Å²) in [6.07, 6.45) is 9.71. The third-order valence-electron chi connectivity index (χ3n) is 5.83. The van der Waals surface area contributed by atoms with Crippen molar-refractivity contribution < 1.29 is 0 Å². The molecule has 6 aromatic rings. The van der Waals surface area contributed by atoms with Crippen molar-refractivity contribution in [2.24, 2.45) is 7.05 Å². The highest BCUT2D eigenvalue weighted by molar-refractivity contribution is 5.84. The zero-order chi connectivity index (χ0) is 21.7. The molecule has 8 nitrogen and oxygen atoms in total. The molecule has 0 spiro atoms. The fourth-order valence-corrected chi connectivity index (χ4v) is 4.22.